The van der Waals surface area contributed by atoms with Gasteiger partial charge in [-0.05, 0) is 48.2 Å². The normalized spacial score (nSPS) is 17.7. The van der Waals surface area contributed by atoms with Crippen molar-refractivity contribution >= 4 is 23.2 Å². The van der Waals surface area contributed by atoms with E-state index in [1.807, 2.05) is 48.5 Å². The molecule has 0 saturated carbocycles. The van der Waals surface area contributed by atoms with Crippen molar-refractivity contribution in [2.24, 2.45) is 5.92 Å². The zero-order valence-electron chi connectivity index (χ0n) is 16.1. The highest BCUT2D eigenvalue weighted by atomic mass is 16.5. The van der Waals surface area contributed by atoms with Crippen LogP contribution >= 0.6 is 0 Å². The van der Waals surface area contributed by atoms with Crippen LogP contribution < -0.4 is 15.0 Å². The highest BCUT2D eigenvalue weighted by Crippen LogP contribution is 2.30. The summed E-state index contributed by atoms with van der Waals surface area (Å²) in [5.74, 6) is 0.610. The van der Waals surface area contributed by atoms with Gasteiger partial charge < -0.3 is 15.0 Å². The van der Waals surface area contributed by atoms with Crippen LogP contribution in [0, 0.1) is 5.92 Å². The smallest absolute Gasteiger partial charge is 0.229 e. The van der Waals surface area contributed by atoms with E-state index in [2.05, 4.69) is 19.2 Å². The maximum atomic E-state index is 12.8. The molecule has 0 spiro atoms. The van der Waals surface area contributed by atoms with Crippen LogP contribution in [-0.4, -0.2) is 25.5 Å². The van der Waals surface area contributed by atoms with Gasteiger partial charge in [0.25, 0.3) is 0 Å². The van der Waals surface area contributed by atoms with Gasteiger partial charge in [-0.1, -0.05) is 32.0 Å². The molecule has 0 radical (unpaired) electrons. The standard InChI is InChI=1S/C22H26N2O3/c1-4-15(2)19-7-5-6-8-20(19)23-22(26)16-13-21(25)24(14-16)17-9-11-18(27-3)12-10-17/h5-12,15-16H,4,13-14H2,1-3H3,(H,23,26). The number of anilines is 2. The van der Waals surface area contributed by atoms with E-state index in [-0.39, 0.29) is 24.2 Å². The van der Waals surface area contributed by atoms with Crippen molar-refractivity contribution in [3.8, 4) is 5.75 Å². The van der Waals surface area contributed by atoms with Gasteiger partial charge in [-0.3, -0.25) is 9.59 Å². The lowest BCUT2D eigenvalue weighted by Crippen LogP contribution is -2.28. The number of hydrogen-bond acceptors (Lipinski definition) is 3. The zero-order chi connectivity index (χ0) is 19.4. The molecule has 1 N–H and O–H groups in total. The first-order valence-electron chi connectivity index (χ1n) is 9.37. The fraction of sp³-hybridized carbons (Fsp3) is 0.364. The molecule has 2 aromatic rings. The Morgan fingerprint density at radius 2 is 1.93 bits per heavy atom. The topological polar surface area (TPSA) is 58.6 Å². The average molecular weight is 366 g/mol. The van der Waals surface area contributed by atoms with Gasteiger partial charge in [0.1, 0.15) is 5.75 Å². The van der Waals surface area contributed by atoms with Crippen LogP contribution in [0.4, 0.5) is 11.4 Å². The number of nitrogens with one attached hydrogen (secondary N) is 1. The number of para-hydroxylation sites is 1. The molecule has 2 atom stereocenters. The summed E-state index contributed by atoms with van der Waals surface area (Å²) in [5, 5.41) is 3.04. The van der Waals surface area contributed by atoms with Crippen molar-refractivity contribution in [1.82, 2.24) is 0 Å². The molecule has 0 bridgehead atoms. The molecule has 5 heteroatoms. The maximum Gasteiger partial charge on any atom is 0.229 e. The zero-order valence-corrected chi connectivity index (χ0v) is 16.1. The first kappa shape index (κ1) is 19.0. The van der Waals surface area contributed by atoms with Crippen molar-refractivity contribution in [1.29, 1.82) is 0 Å². The van der Waals surface area contributed by atoms with Crippen LogP contribution in [0.25, 0.3) is 0 Å². The van der Waals surface area contributed by atoms with Gasteiger partial charge in [0.15, 0.2) is 0 Å². The predicted octanol–water partition coefficient (Wildman–Crippen LogP) is 4.20. The van der Waals surface area contributed by atoms with Gasteiger partial charge in [-0.25, -0.2) is 0 Å². The average Bonchev–Trinajstić information content (AvgIpc) is 3.09. The van der Waals surface area contributed by atoms with E-state index in [0.29, 0.717) is 12.5 Å². The highest BCUT2D eigenvalue weighted by Gasteiger charge is 2.35. The molecule has 1 heterocycles. The molecule has 2 aromatic carbocycles. The Morgan fingerprint density at radius 1 is 1.22 bits per heavy atom. The second-order valence-corrected chi connectivity index (χ2v) is 6.99. The summed E-state index contributed by atoms with van der Waals surface area (Å²) in [6.45, 7) is 4.67. The number of carbonyl (C=O) groups is 2. The number of carbonyl (C=O) groups excluding carboxylic acids is 2. The fourth-order valence-electron chi connectivity index (χ4n) is 3.39. The van der Waals surface area contributed by atoms with Crippen LogP contribution in [-0.2, 0) is 9.59 Å². The van der Waals surface area contributed by atoms with Gasteiger partial charge in [0.05, 0.1) is 13.0 Å². The number of nitrogens with zero attached hydrogens (tertiary/aromatic N) is 1. The first-order valence-corrected chi connectivity index (χ1v) is 9.37. The molecule has 2 amide bonds. The van der Waals surface area contributed by atoms with Crippen molar-refractivity contribution < 1.29 is 14.3 Å². The van der Waals surface area contributed by atoms with Crippen molar-refractivity contribution in [2.75, 3.05) is 23.9 Å². The van der Waals surface area contributed by atoms with Crippen molar-refractivity contribution in [3.05, 3.63) is 54.1 Å². The molecule has 1 aliphatic rings. The van der Waals surface area contributed by atoms with Crippen LogP contribution in [0.2, 0.25) is 0 Å². The van der Waals surface area contributed by atoms with Crippen LogP contribution in [0.5, 0.6) is 5.75 Å². The summed E-state index contributed by atoms with van der Waals surface area (Å²) >= 11 is 0. The summed E-state index contributed by atoms with van der Waals surface area (Å²) in [4.78, 5) is 26.9. The Balaban J connectivity index is 1.71. The maximum absolute atomic E-state index is 12.8. The van der Waals surface area contributed by atoms with Gasteiger partial charge in [0.2, 0.25) is 11.8 Å². The molecule has 5 nitrogen and oxygen atoms in total. The van der Waals surface area contributed by atoms with Gasteiger partial charge >= 0.3 is 0 Å². The lowest BCUT2D eigenvalue weighted by atomic mass is 9.96. The lowest BCUT2D eigenvalue weighted by Gasteiger charge is -2.18. The number of rotatable bonds is 6. The number of hydrogen-bond donors (Lipinski definition) is 1. The largest absolute Gasteiger partial charge is 0.497 e. The third kappa shape index (κ3) is 4.13. The lowest BCUT2D eigenvalue weighted by molar-refractivity contribution is -0.122. The summed E-state index contributed by atoms with van der Waals surface area (Å²) in [6, 6.07) is 15.2. The first-order chi connectivity index (χ1) is 13.0. The Hall–Kier alpha value is -2.82. The van der Waals surface area contributed by atoms with Crippen LogP contribution in [0.3, 0.4) is 0 Å². The third-order valence-electron chi connectivity index (χ3n) is 5.24. The number of benzene rings is 2. The molecule has 1 saturated heterocycles. The second kappa shape index (κ2) is 8.25. The minimum Gasteiger partial charge on any atom is -0.497 e. The van der Waals surface area contributed by atoms with E-state index in [1.165, 1.54) is 0 Å². The number of ether oxygens (including phenoxy) is 1. The van der Waals surface area contributed by atoms with Crippen LogP contribution in [0.1, 0.15) is 38.2 Å². The molecule has 0 aromatic heterocycles. The van der Waals surface area contributed by atoms with E-state index < -0.39 is 0 Å². The molecule has 1 fully saturated rings. The third-order valence-corrected chi connectivity index (χ3v) is 5.24. The molecule has 1 aliphatic heterocycles. The molecule has 2 unspecified atom stereocenters. The minimum atomic E-state index is -0.357. The van der Waals surface area contributed by atoms with Crippen LogP contribution in [0.15, 0.2) is 48.5 Å². The van der Waals surface area contributed by atoms with E-state index in [4.69, 9.17) is 4.74 Å². The van der Waals surface area contributed by atoms with E-state index >= 15 is 0 Å². The Bertz CT molecular complexity index is 817. The molecule has 27 heavy (non-hydrogen) atoms. The van der Waals surface area contributed by atoms with E-state index in [9.17, 15) is 9.59 Å². The molecule has 3 rings (SSSR count). The predicted molar refractivity (Wildman–Crippen MR) is 107 cm³/mol. The van der Waals surface area contributed by atoms with Gasteiger partial charge in [0, 0.05) is 24.3 Å². The van der Waals surface area contributed by atoms with E-state index in [0.717, 1.165) is 29.1 Å². The molecular weight excluding hydrogens is 340 g/mol. The summed E-state index contributed by atoms with van der Waals surface area (Å²) in [6.07, 6.45) is 1.23. The van der Waals surface area contributed by atoms with Gasteiger partial charge in [-0.2, -0.15) is 0 Å². The number of amides is 2. The molecular formula is C22H26N2O3. The fourth-order valence-corrected chi connectivity index (χ4v) is 3.39. The quantitative estimate of drug-likeness (QED) is 0.833. The summed E-state index contributed by atoms with van der Waals surface area (Å²) in [5.41, 5.74) is 2.76. The van der Waals surface area contributed by atoms with Crippen molar-refractivity contribution in [3.63, 3.8) is 0 Å². The molecule has 0 aliphatic carbocycles. The Labute approximate surface area is 160 Å². The monoisotopic (exact) mass is 366 g/mol. The van der Waals surface area contributed by atoms with Crippen molar-refractivity contribution in [2.45, 2.75) is 32.6 Å². The summed E-state index contributed by atoms with van der Waals surface area (Å²) < 4.78 is 5.16. The van der Waals surface area contributed by atoms with Gasteiger partial charge in [-0.15, -0.1) is 0 Å². The van der Waals surface area contributed by atoms with E-state index in [1.54, 1.807) is 12.0 Å². The Morgan fingerprint density at radius 3 is 2.59 bits per heavy atom. The summed E-state index contributed by atoms with van der Waals surface area (Å²) in [7, 11) is 1.60. The number of methoxy groups -OCH3 is 1. The SMILES string of the molecule is CCC(C)c1ccccc1NC(=O)C1CC(=O)N(c2ccc(OC)cc2)C1. The Kier molecular flexibility index (Phi) is 5.79. The highest BCUT2D eigenvalue weighted by molar-refractivity contribution is 6.03. The second-order valence-electron chi connectivity index (χ2n) is 6.99. The minimum absolute atomic E-state index is 0.0319. The molecule has 142 valence electrons.